The van der Waals surface area contributed by atoms with Gasteiger partial charge in [-0.1, -0.05) is 78.0 Å². The number of aromatic carboxylic acids is 1. The van der Waals surface area contributed by atoms with E-state index in [9.17, 15) is 9.59 Å². The molecule has 0 aromatic heterocycles. The molecule has 142 valence electrons. The highest BCUT2D eigenvalue weighted by molar-refractivity contribution is 6.07. The van der Waals surface area contributed by atoms with Gasteiger partial charge in [0.1, 0.15) is 0 Å². The molecule has 27 heavy (non-hydrogen) atoms. The zero-order chi connectivity index (χ0) is 20.4. The van der Waals surface area contributed by atoms with Crippen molar-refractivity contribution in [3.8, 4) is 0 Å². The predicted molar refractivity (Wildman–Crippen MR) is 111 cm³/mol. The number of benzene rings is 2. The van der Waals surface area contributed by atoms with Crippen LogP contribution in [0.3, 0.4) is 0 Å². The molecule has 0 fully saturated rings. The number of carboxylic acids is 1. The van der Waals surface area contributed by atoms with Gasteiger partial charge < -0.3 is 5.11 Å². The van der Waals surface area contributed by atoms with Crippen LogP contribution in [0.15, 0.2) is 48.5 Å². The lowest BCUT2D eigenvalue weighted by Gasteiger charge is -2.25. The van der Waals surface area contributed by atoms with Crippen molar-refractivity contribution in [2.24, 2.45) is 0 Å². The summed E-state index contributed by atoms with van der Waals surface area (Å²) in [6.07, 6.45) is 3.38. The van der Waals surface area contributed by atoms with Gasteiger partial charge in [-0.15, -0.1) is 0 Å². The Balaban J connectivity index is 2.34. The second-order valence-electron chi connectivity index (χ2n) is 8.92. The Bertz CT molecular complexity index is 841. The number of allylic oxidation sites excluding steroid dienone is 1. The van der Waals surface area contributed by atoms with Crippen molar-refractivity contribution < 1.29 is 14.7 Å². The molecule has 0 saturated carbocycles. The number of hydrogen-bond acceptors (Lipinski definition) is 2. The molecule has 2 rings (SSSR count). The first-order valence-corrected chi connectivity index (χ1v) is 9.10. The lowest BCUT2D eigenvalue weighted by Crippen LogP contribution is -2.16. The molecule has 1 N–H and O–H groups in total. The summed E-state index contributed by atoms with van der Waals surface area (Å²) in [4.78, 5) is 23.3. The number of carboxylic acid groups (broad SMARTS) is 1. The van der Waals surface area contributed by atoms with Gasteiger partial charge in [0.15, 0.2) is 5.78 Å². The van der Waals surface area contributed by atoms with Gasteiger partial charge in [-0.3, -0.25) is 4.79 Å². The van der Waals surface area contributed by atoms with Gasteiger partial charge in [-0.05, 0) is 45.7 Å². The smallest absolute Gasteiger partial charge is 0.335 e. The van der Waals surface area contributed by atoms with Gasteiger partial charge in [-0.2, -0.15) is 0 Å². The maximum atomic E-state index is 12.4. The van der Waals surface area contributed by atoms with Crippen LogP contribution in [0.25, 0.3) is 6.08 Å². The molecule has 0 aliphatic rings. The highest BCUT2D eigenvalue weighted by atomic mass is 16.4. The van der Waals surface area contributed by atoms with Crippen LogP contribution in [0.5, 0.6) is 0 Å². The molecule has 2 aromatic carbocycles. The van der Waals surface area contributed by atoms with E-state index in [1.165, 1.54) is 23.3 Å². The van der Waals surface area contributed by atoms with Crippen LogP contribution in [0.2, 0.25) is 0 Å². The van der Waals surface area contributed by atoms with Crippen molar-refractivity contribution in [2.45, 2.75) is 52.4 Å². The van der Waals surface area contributed by atoms with Crippen LogP contribution in [0, 0.1) is 0 Å². The highest BCUT2D eigenvalue weighted by Gasteiger charge is 2.20. The number of ketones is 1. The molecule has 3 nitrogen and oxygen atoms in total. The molecule has 0 radical (unpaired) electrons. The Labute approximate surface area is 161 Å². The molecule has 2 aromatic rings. The maximum Gasteiger partial charge on any atom is 0.335 e. The second kappa shape index (κ2) is 7.51. The summed E-state index contributed by atoms with van der Waals surface area (Å²) in [5.41, 5.74) is 4.12. The van der Waals surface area contributed by atoms with Crippen molar-refractivity contribution in [3.63, 3.8) is 0 Å². The molecule has 0 unspecified atom stereocenters. The van der Waals surface area contributed by atoms with E-state index < -0.39 is 5.97 Å². The summed E-state index contributed by atoms with van der Waals surface area (Å²) in [6.45, 7) is 13.1. The monoisotopic (exact) mass is 364 g/mol. The first kappa shape index (κ1) is 20.6. The topological polar surface area (TPSA) is 54.4 Å². The minimum atomic E-state index is -1.00. The minimum absolute atomic E-state index is 0.0144. The fourth-order valence-electron chi connectivity index (χ4n) is 2.66. The van der Waals surface area contributed by atoms with Gasteiger partial charge in [-0.25, -0.2) is 4.79 Å². The van der Waals surface area contributed by atoms with Crippen molar-refractivity contribution in [2.75, 3.05) is 0 Å². The predicted octanol–water partition coefficient (Wildman–Crippen LogP) is 5.88. The average molecular weight is 364 g/mol. The van der Waals surface area contributed by atoms with Crippen LogP contribution in [-0.4, -0.2) is 16.9 Å². The van der Waals surface area contributed by atoms with Crippen LogP contribution in [0.4, 0.5) is 0 Å². The highest BCUT2D eigenvalue weighted by Crippen LogP contribution is 2.30. The molecule has 0 amide bonds. The zero-order valence-corrected chi connectivity index (χ0v) is 17.0. The Morgan fingerprint density at radius 3 is 1.63 bits per heavy atom. The molecule has 0 bridgehead atoms. The SMILES string of the molecule is CC(C)(C)c1cc(C=CC(=O)c2ccc(C(=O)O)cc2)cc(C(C)(C)C)c1. The minimum Gasteiger partial charge on any atom is -0.478 e. The Morgan fingerprint density at radius 2 is 1.22 bits per heavy atom. The van der Waals surface area contributed by atoms with E-state index >= 15 is 0 Å². The molecule has 0 aliphatic carbocycles. The molecule has 0 aliphatic heterocycles. The summed E-state index contributed by atoms with van der Waals surface area (Å²) in [6, 6.07) is 12.5. The van der Waals surface area contributed by atoms with E-state index in [1.807, 2.05) is 6.08 Å². The number of carbonyl (C=O) groups is 2. The Morgan fingerprint density at radius 1 is 0.778 bits per heavy atom. The quantitative estimate of drug-likeness (QED) is 0.545. The van der Waals surface area contributed by atoms with Crippen molar-refractivity contribution in [3.05, 3.63) is 76.4 Å². The van der Waals surface area contributed by atoms with Crippen molar-refractivity contribution in [1.29, 1.82) is 0 Å². The molecule has 0 atom stereocenters. The van der Waals surface area contributed by atoms with Crippen LogP contribution in [-0.2, 0) is 10.8 Å². The van der Waals surface area contributed by atoms with Gasteiger partial charge in [0.05, 0.1) is 5.56 Å². The van der Waals surface area contributed by atoms with Gasteiger partial charge in [0.2, 0.25) is 0 Å². The third-order valence-corrected chi connectivity index (χ3v) is 4.53. The normalized spacial score (nSPS) is 12.4. The largest absolute Gasteiger partial charge is 0.478 e. The van der Waals surface area contributed by atoms with E-state index in [0.717, 1.165) is 5.56 Å². The van der Waals surface area contributed by atoms with E-state index in [1.54, 1.807) is 18.2 Å². The lowest BCUT2D eigenvalue weighted by molar-refractivity contribution is 0.0696. The maximum absolute atomic E-state index is 12.4. The number of carbonyl (C=O) groups excluding carboxylic acids is 1. The molecule has 3 heteroatoms. The van der Waals surface area contributed by atoms with E-state index in [0.29, 0.717) is 5.56 Å². The standard InChI is InChI=1S/C24H28O3/c1-23(2,3)19-13-16(14-20(15-19)24(4,5)6)7-12-21(25)17-8-10-18(11-9-17)22(26)27/h7-15H,1-6H3,(H,26,27). The van der Waals surface area contributed by atoms with Crippen molar-refractivity contribution in [1.82, 2.24) is 0 Å². The summed E-state index contributed by atoms with van der Waals surface area (Å²) in [5.74, 6) is -1.15. The third kappa shape index (κ3) is 5.40. The summed E-state index contributed by atoms with van der Waals surface area (Å²) in [7, 11) is 0. The van der Waals surface area contributed by atoms with E-state index in [2.05, 4.69) is 59.7 Å². The summed E-state index contributed by atoms with van der Waals surface area (Å²) >= 11 is 0. The fourth-order valence-corrected chi connectivity index (χ4v) is 2.66. The Hall–Kier alpha value is -2.68. The Kier molecular flexibility index (Phi) is 5.74. The van der Waals surface area contributed by atoms with Crippen molar-refractivity contribution >= 4 is 17.8 Å². The summed E-state index contributed by atoms with van der Waals surface area (Å²) < 4.78 is 0. The van der Waals surface area contributed by atoms with Crippen LogP contribution < -0.4 is 0 Å². The van der Waals surface area contributed by atoms with E-state index in [-0.39, 0.29) is 22.2 Å². The van der Waals surface area contributed by atoms with Gasteiger partial charge in [0, 0.05) is 5.56 Å². The molecular formula is C24H28O3. The summed E-state index contributed by atoms with van der Waals surface area (Å²) in [5, 5.41) is 8.95. The zero-order valence-electron chi connectivity index (χ0n) is 17.0. The van der Waals surface area contributed by atoms with Crippen LogP contribution >= 0.6 is 0 Å². The fraction of sp³-hybridized carbons (Fsp3) is 0.333. The van der Waals surface area contributed by atoms with Gasteiger partial charge >= 0.3 is 5.97 Å². The number of hydrogen-bond donors (Lipinski definition) is 1. The first-order valence-electron chi connectivity index (χ1n) is 9.10. The molecule has 0 saturated heterocycles. The van der Waals surface area contributed by atoms with Gasteiger partial charge in [0.25, 0.3) is 0 Å². The lowest BCUT2D eigenvalue weighted by atomic mass is 9.79. The first-order chi connectivity index (χ1) is 12.4. The number of rotatable bonds is 4. The molecule has 0 heterocycles. The van der Waals surface area contributed by atoms with E-state index in [4.69, 9.17) is 5.11 Å². The second-order valence-corrected chi connectivity index (χ2v) is 8.92. The molecule has 0 spiro atoms. The third-order valence-electron chi connectivity index (χ3n) is 4.53. The average Bonchev–Trinajstić information content (AvgIpc) is 2.58. The van der Waals surface area contributed by atoms with Crippen LogP contribution in [0.1, 0.15) is 78.9 Å². The molecular weight excluding hydrogens is 336 g/mol.